The van der Waals surface area contributed by atoms with E-state index in [1.54, 1.807) is 11.0 Å². The summed E-state index contributed by atoms with van der Waals surface area (Å²) in [5.74, 6) is 1.50. The lowest BCUT2D eigenvalue weighted by molar-refractivity contribution is 0.0805. The maximum atomic E-state index is 12.3. The topological polar surface area (TPSA) is 41.6 Å². The number of nitrogens with zero attached hydrogens (tertiary/aromatic N) is 1. The van der Waals surface area contributed by atoms with Gasteiger partial charge in [-0.15, -0.1) is 0 Å². The smallest absolute Gasteiger partial charge is 0.255 e. The second-order valence-electron chi connectivity index (χ2n) is 5.23. The Bertz CT molecular complexity index is 682. The Morgan fingerprint density at radius 3 is 2.81 bits per heavy atom. The summed E-state index contributed by atoms with van der Waals surface area (Å²) < 4.78 is 5.90. The van der Waals surface area contributed by atoms with Gasteiger partial charge >= 0.3 is 0 Å². The predicted octanol–water partition coefficient (Wildman–Crippen LogP) is 3.28. The molecule has 4 nitrogen and oxygen atoms in total. The Labute approximate surface area is 124 Å². The number of carbonyl (C=O) groups is 1. The van der Waals surface area contributed by atoms with Crippen molar-refractivity contribution in [2.24, 2.45) is 0 Å². The lowest BCUT2D eigenvalue weighted by Gasteiger charge is -2.14. The number of fused-ring (bicyclic) bond motifs is 1. The van der Waals surface area contributed by atoms with Gasteiger partial charge in [0, 0.05) is 25.8 Å². The first-order valence-corrected chi connectivity index (χ1v) is 7.02. The van der Waals surface area contributed by atoms with E-state index in [-0.39, 0.29) is 5.91 Å². The van der Waals surface area contributed by atoms with Crippen molar-refractivity contribution in [2.45, 2.75) is 6.92 Å². The lowest BCUT2D eigenvalue weighted by atomic mass is 10.1. The van der Waals surface area contributed by atoms with Crippen molar-refractivity contribution in [3.05, 3.63) is 53.6 Å². The molecule has 3 rings (SSSR count). The van der Waals surface area contributed by atoms with E-state index in [0.29, 0.717) is 17.9 Å². The summed E-state index contributed by atoms with van der Waals surface area (Å²) >= 11 is 0. The number of likely N-dealkylation sites (N-methyl/N-ethyl adjacent to an activating group) is 1. The standard InChI is InChI=1S/C17H18N2O2/c1-12-5-3-4-6-16(12)21-13-7-8-15-14(11-13)17(20)19(2)10-9-18-15/h3-8,11,18H,9-10H2,1-2H3. The van der Waals surface area contributed by atoms with Crippen LogP contribution < -0.4 is 10.1 Å². The number of rotatable bonds is 2. The van der Waals surface area contributed by atoms with E-state index in [1.165, 1.54) is 0 Å². The number of aryl methyl sites for hydroxylation is 1. The van der Waals surface area contributed by atoms with E-state index in [2.05, 4.69) is 5.32 Å². The minimum Gasteiger partial charge on any atom is -0.457 e. The fraction of sp³-hybridized carbons (Fsp3) is 0.235. The number of nitrogens with one attached hydrogen (secondary N) is 1. The van der Waals surface area contributed by atoms with Crippen LogP contribution in [0.4, 0.5) is 5.69 Å². The first-order valence-electron chi connectivity index (χ1n) is 7.02. The van der Waals surface area contributed by atoms with Gasteiger partial charge in [0.2, 0.25) is 0 Å². The largest absolute Gasteiger partial charge is 0.457 e. The van der Waals surface area contributed by atoms with Crippen LogP contribution in [0.5, 0.6) is 11.5 Å². The van der Waals surface area contributed by atoms with Crippen LogP contribution in [0.3, 0.4) is 0 Å². The number of ether oxygens (including phenoxy) is 1. The van der Waals surface area contributed by atoms with E-state index in [4.69, 9.17) is 4.74 Å². The molecule has 108 valence electrons. The van der Waals surface area contributed by atoms with Crippen LogP contribution in [0.15, 0.2) is 42.5 Å². The van der Waals surface area contributed by atoms with E-state index in [9.17, 15) is 4.79 Å². The van der Waals surface area contributed by atoms with Gasteiger partial charge < -0.3 is 15.0 Å². The Balaban J connectivity index is 1.94. The molecule has 1 amide bonds. The maximum Gasteiger partial charge on any atom is 0.255 e. The van der Waals surface area contributed by atoms with Crippen LogP contribution in [0.2, 0.25) is 0 Å². The Kier molecular flexibility index (Phi) is 3.52. The predicted molar refractivity (Wildman–Crippen MR) is 83.1 cm³/mol. The van der Waals surface area contributed by atoms with Crippen molar-refractivity contribution in [3.8, 4) is 11.5 Å². The second kappa shape index (κ2) is 5.48. The molecular formula is C17H18N2O2. The molecule has 0 spiro atoms. The Morgan fingerprint density at radius 2 is 2.00 bits per heavy atom. The van der Waals surface area contributed by atoms with Gasteiger partial charge in [-0.2, -0.15) is 0 Å². The molecule has 1 aliphatic heterocycles. The molecule has 1 N–H and O–H groups in total. The van der Waals surface area contributed by atoms with Crippen LogP contribution in [0.25, 0.3) is 0 Å². The van der Waals surface area contributed by atoms with Crippen LogP contribution >= 0.6 is 0 Å². The minimum atomic E-state index is 0.0187. The Hall–Kier alpha value is -2.49. The monoisotopic (exact) mass is 282 g/mol. The molecule has 2 aromatic rings. The highest BCUT2D eigenvalue weighted by Gasteiger charge is 2.20. The second-order valence-corrected chi connectivity index (χ2v) is 5.23. The summed E-state index contributed by atoms with van der Waals surface area (Å²) in [6.07, 6.45) is 0. The molecule has 0 aliphatic carbocycles. The number of amides is 1. The summed E-state index contributed by atoms with van der Waals surface area (Å²) in [6.45, 7) is 3.45. The SMILES string of the molecule is Cc1ccccc1Oc1ccc2c(c1)C(=O)N(C)CCN2. The van der Waals surface area contributed by atoms with E-state index in [0.717, 1.165) is 23.5 Å². The molecule has 0 unspecified atom stereocenters. The third-order valence-electron chi connectivity index (χ3n) is 3.65. The van der Waals surface area contributed by atoms with Gasteiger partial charge in [0.1, 0.15) is 11.5 Å². The van der Waals surface area contributed by atoms with Crippen molar-refractivity contribution < 1.29 is 9.53 Å². The highest BCUT2D eigenvalue weighted by atomic mass is 16.5. The van der Waals surface area contributed by atoms with Gasteiger partial charge in [0.05, 0.1) is 5.56 Å². The first-order chi connectivity index (χ1) is 10.1. The molecular weight excluding hydrogens is 264 g/mol. The zero-order valence-electron chi connectivity index (χ0n) is 12.2. The maximum absolute atomic E-state index is 12.3. The fourth-order valence-electron chi connectivity index (χ4n) is 2.38. The van der Waals surface area contributed by atoms with E-state index >= 15 is 0 Å². The molecule has 2 aromatic carbocycles. The van der Waals surface area contributed by atoms with Gasteiger partial charge in [-0.1, -0.05) is 18.2 Å². The molecule has 0 bridgehead atoms. The van der Waals surface area contributed by atoms with Gasteiger partial charge in [-0.3, -0.25) is 4.79 Å². The van der Waals surface area contributed by atoms with Crippen molar-refractivity contribution in [1.82, 2.24) is 4.90 Å². The number of anilines is 1. The van der Waals surface area contributed by atoms with Gasteiger partial charge in [0.25, 0.3) is 5.91 Å². The average molecular weight is 282 g/mol. The molecule has 1 heterocycles. The van der Waals surface area contributed by atoms with Crippen molar-refractivity contribution in [3.63, 3.8) is 0 Å². The third kappa shape index (κ3) is 2.70. The summed E-state index contributed by atoms with van der Waals surface area (Å²) in [5.41, 5.74) is 2.58. The summed E-state index contributed by atoms with van der Waals surface area (Å²) in [4.78, 5) is 14.1. The first kappa shape index (κ1) is 13.5. The zero-order valence-corrected chi connectivity index (χ0v) is 12.2. The average Bonchev–Trinajstić information content (AvgIpc) is 2.62. The van der Waals surface area contributed by atoms with E-state index < -0.39 is 0 Å². The number of carbonyl (C=O) groups excluding carboxylic acids is 1. The highest BCUT2D eigenvalue weighted by Crippen LogP contribution is 2.29. The summed E-state index contributed by atoms with van der Waals surface area (Å²) in [6, 6.07) is 13.4. The van der Waals surface area contributed by atoms with Gasteiger partial charge in [-0.25, -0.2) is 0 Å². The third-order valence-corrected chi connectivity index (χ3v) is 3.65. The Morgan fingerprint density at radius 1 is 1.19 bits per heavy atom. The molecule has 0 saturated heterocycles. The zero-order chi connectivity index (χ0) is 14.8. The lowest BCUT2D eigenvalue weighted by Crippen LogP contribution is -2.28. The van der Waals surface area contributed by atoms with Crippen LogP contribution in [0.1, 0.15) is 15.9 Å². The van der Waals surface area contributed by atoms with E-state index in [1.807, 2.05) is 50.4 Å². The molecule has 21 heavy (non-hydrogen) atoms. The molecule has 0 atom stereocenters. The molecule has 0 saturated carbocycles. The van der Waals surface area contributed by atoms with Crippen LogP contribution in [-0.2, 0) is 0 Å². The molecule has 0 radical (unpaired) electrons. The molecule has 1 aliphatic rings. The minimum absolute atomic E-state index is 0.0187. The number of hydrogen-bond acceptors (Lipinski definition) is 3. The number of para-hydroxylation sites is 1. The normalized spacial score (nSPS) is 14.2. The number of hydrogen-bond donors (Lipinski definition) is 1. The fourth-order valence-corrected chi connectivity index (χ4v) is 2.38. The quantitative estimate of drug-likeness (QED) is 0.919. The summed E-state index contributed by atoms with van der Waals surface area (Å²) in [7, 11) is 1.81. The van der Waals surface area contributed by atoms with Crippen LogP contribution in [-0.4, -0.2) is 30.9 Å². The van der Waals surface area contributed by atoms with Gasteiger partial charge in [0.15, 0.2) is 0 Å². The molecule has 0 aromatic heterocycles. The van der Waals surface area contributed by atoms with Crippen LogP contribution in [0, 0.1) is 6.92 Å². The molecule has 0 fully saturated rings. The van der Waals surface area contributed by atoms with Crippen molar-refractivity contribution in [1.29, 1.82) is 0 Å². The number of benzene rings is 2. The molecule has 4 heteroatoms. The van der Waals surface area contributed by atoms with Gasteiger partial charge in [-0.05, 0) is 36.8 Å². The summed E-state index contributed by atoms with van der Waals surface area (Å²) in [5, 5.41) is 3.27. The highest BCUT2D eigenvalue weighted by molar-refractivity contribution is 6.00. The van der Waals surface area contributed by atoms with Crippen molar-refractivity contribution >= 4 is 11.6 Å². The van der Waals surface area contributed by atoms with Crippen molar-refractivity contribution in [2.75, 3.05) is 25.5 Å².